The van der Waals surface area contributed by atoms with E-state index in [1.54, 1.807) is 0 Å². The number of carbonyl (C=O) groups is 4. The monoisotopic (exact) mass is 296 g/mol. The zero-order valence-corrected chi connectivity index (χ0v) is 11.4. The Morgan fingerprint density at radius 3 is 0.650 bits per heavy atom. The van der Waals surface area contributed by atoms with E-state index in [1.807, 2.05) is 0 Å². The van der Waals surface area contributed by atoms with E-state index in [9.17, 15) is 0 Å². The molecule has 0 aliphatic carbocycles. The fourth-order valence-corrected chi connectivity index (χ4v) is 0. The van der Waals surface area contributed by atoms with E-state index < -0.39 is 31.7 Å². The third kappa shape index (κ3) is 82.7. The Kier molecular flexibility index (Phi) is 34.5. The standard InChI is InChI=1S/2C2H2O4.3Li.H3O4P/c2*3-1(4)2(5)6;;;;1-5(2,3)4/h2*(H,3,4)(H,5,6);;;;(H3,1,2,3,4)/q;;3*+1;/p-3. The molecule has 0 radical (unpaired) electrons. The molecule has 0 aromatic rings. The van der Waals surface area contributed by atoms with Crippen LogP contribution in [0.1, 0.15) is 0 Å². The molecule has 0 aliphatic heterocycles. The zero-order chi connectivity index (χ0) is 14.8. The topological polar surface area (TPSA) is 235 Å². The molecule has 0 rings (SSSR count). The van der Waals surface area contributed by atoms with Crippen molar-refractivity contribution in [1.29, 1.82) is 0 Å². The molecule has 0 saturated carbocycles. The molecule has 100 valence electrons. The van der Waals surface area contributed by atoms with E-state index in [1.165, 1.54) is 0 Å². The van der Waals surface area contributed by atoms with Gasteiger partial charge in [-0.3, -0.25) is 0 Å². The molecule has 0 saturated heterocycles. The number of rotatable bonds is 0. The molecule has 0 spiro atoms. The molecule has 0 amide bonds. The quantitative estimate of drug-likeness (QED) is 0.185. The van der Waals surface area contributed by atoms with Gasteiger partial charge in [-0.1, -0.05) is 0 Å². The van der Waals surface area contributed by atoms with Gasteiger partial charge in [0.15, 0.2) is 0 Å². The minimum absolute atomic E-state index is 0. The Balaban J connectivity index is -0.0000000343. The first-order valence-electron chi connectivity index (χ1n) is 2.94. The van der Waals surface area contributed by atoms with Gasteiger partial charge in [-0.2, -0.15) is 7.82 Å². The summed E-state index contributed by atoms with van der Waals surface area (Å²) in [6, 6.07) is 0. The van der Waals surface area contributed by atoms with Crippen LogP contribution in [-0.4, -0.2) is 44.3 Å². The van der Waals surface area contributed by atoms with Crippen molar-refractivity contribution in [3.05, 3.63) is 0 Å². The fraction of sp³-hybridized carbons (Fsp3) is 0. The molecule has 20 heavy (non-hydrogen) atoms. The van der Waals surface area contributed by atoms with E-state index in [-0.39, 0.29) is 56.6 Å². The summed E-state index contributed by atoms with van der Waals surface area (Å²) in [5, 5.41) is 29.6. The number of hydrogen-bond acceptors (Lipinski definition) is 8. The number of aliphatic carboxylic acids is 4. The Hall–Kier alpha value is -0.218. The minimum Gasteiger partial charge on any atom is -0.822 e. The second-order valence-corrected chi connectivity index (χ2v) is 2.56. The van der Waals surface area contributed by atoms with Crippen molar-refractivity contribution >= 4 is 31.7 Å². The molecule has 0 atom stereocenters. The van der Waals surface area contributed by atoms with Gasteiger partial charge in [-0.15, -0.1) is 0 Å². The molecule has 0 heterocycles. The third-order valence-corrected chi connectivity index (χ3v) is 0.366. The number of phosphoric acid groups is 1. The van der Waals surface area contributed by atoms with Crippen molar-refractivity contribution in [2.24, 2.45) is 0 Å². The maximum Gasteiger partial charge on any atom is 1.00 e. The van der Waals surface area contributed by atoms with Crippen molar-refractivity contribution < 1.29 is 115 Å². The molecule has 0 aliphatic rings. The van der Waals surface area contributed by atoms with Gasteiger partial charge in [0.2, 0.25) is 0 Å². The third-order valence-electron chi connectivity index (χ3n) is 0.366. The van der Waals surface area contributed by atoms with E-state index in [2.05, 4.69) is 0 Å². The molecule has 0 fully saturated rings. The van der Waals surface area contributed by atoms with Crippen LogP contribution in [0.25, 0.3) is 0 Å². The SMILES string of the molecule is O=C(O)C(=O)O.O=C(O)C(=O)O.O=P([O-])([O-])[O-].[Li+].[Li+].[Li+]. The number of carboxylic acids is 4. The molecule has 0 aromatic heterocycles. The predicted octanol–water partition coefficient (Wildman–Crippen LogP) is -13.5. The van der Waals surface area contributed by atoms with E-state index in [4.69, 9.17) is 58.8 Å². The minimum atomic E-state index is -5.39. The summed E-state index contributed by atoms with van der Waals surface area (Å²) < 4.78 is 8.55. The zero-order valence-electron chi connectivity index (χ0n) is 10.5. The molecule has 12 nitrogen and oxygen atoms in total. The van der Waals surface area contributed by atoms with Crippen molar-refractivity contribution in [3.8, 4) is 0 Å². The molecule has 0 bridgehead atoms. The summed E-state index contributed by atoms with van der Waals surface area (Å²) in [5.41, 5.74) is 0. The maximum atomic E-state index is 9.10. The average Bonchev–Trinajstić information content (AvgIpc) is 2.01. The molecule has 0 aromatic carbocycles. The first-order chi connectivity index (χ1) is 7.29. The van der Waals surface area contributed by atoms with Crippen LogP contribution in [-0.2, 0) is 23.7 Å². The van der Waals surface area contributed by atoms with Crippen LogP contribution < -0.4 is 71.3 Å². The summed E-state index contributed by atoms with van der Waals surface area (Å²) >= 11 is 0. The largest absolute Gasteiger partial charge is 1.00 e. The summed E-state index contributed by atoms with van der Waals surface area (Å²) in [6.45, 7) is 0. The summed E-state index contributed by atoms with van der Waals surface area (Å²) in [5.74, 6) is -7.30. The van der Waals surface area contributed by atoms with Gasteiger partial charge in [-0.05, 0) is 0 Å². The second kappa shape index (κ2) is 18.8. The van der Waals surface area contributed by atoms with Gasteiger partial charge >= 0.3 is 80.5 Å². The van der Waals surface area contributed by atoms with Crippen LogP contribution in [0.3, 0.4) is 0 Å². The predicted molar refractivity (Wildman–Crippen MR) is 38.1 cm³/mol. The van der Waals surface area contributed by atoms with Gasteiger partial charge < -0.3 is 39.7 Å². The Labute approximate surface area is 146 Å². The average molecular weight is 296 g/mol. The van der Waals surface area contributed by atoms with Crippen molar-refractivity contribution in [1.82, 2.24) is 0 Å². The van der Waals surface area contributed by atoms with Gasteiger partial charge in [0.25, 0.3) is 0 Å². The summed E-state index contributed by atoms with van der Waals surface area (Å²) in [4.78, 5) is 62.0. The molecule has 16 heteroatoms. The molecule has 0 unspecified atom stereocenters. The van der Waals surface area contributed by atoms with Crippen LogP contribution in [0.2, 0.25) is 0 Å². The van der Waals surface area contributed by atoms with Crippen LogP contribution in [0.5, 0.6) is 0 Å². The van der Waals surface area contributed by atoms with Crippen molar-refractivity contribution in [2.75, 3.05) is 0 Å². The van der Waals surface area contributed by atoms with E-state index >= 15 is 0 Å². The molecular weight excluding hydrogens is 292 g/mol. The van der Waals surface area contributed by atoms with Gasteiger partial charge in [-0.25, -0.2) is 19.2 Å². The summed E-state index contributed by atoms with van der Waals surface area (Å²) in [7, 11) is -5.39. The van der Waals surface area contributed by atoms with Crippen LogP contribution >= 0.6 is 7.82 Å². The number of hydrogen-bond donors (Lipinski definition) is 4. The van der Waals surface area contributed by atoms with Gasteiger partial charge in [0.05, 0.1) is 0 Å². The smallest absolute Gasteiger partial charge is 0.822 e. The van der Waals surface area contributed by atoms with Crippen molar-refractivity contribution in [3.63, 3.8) is 0 Å². The fourth-order valence-electron chi connectivity index (χ4n) is 0. The molecule has 4 N–H and O–H groups in total. The van der Waals surface area contributed by atoms with Crippen LogP contribution in [0.4, 0.5) is 0 Å². The van der Waals surface area contributed by atoms with E-state index in [0.717, 1.165) is 0 Å². The first-order valence-corrected chi connectivity index (χ1v) is 4.40. The Morgan fingerprint density at radius 1 is 0.600 bits per heavy atom. The van der Waals surface area contributed by atoms with Crippen LogP contribution in [0.15, 0.2) is 0 Å². The first kappa shape index (κ1) is 36.7. The second-order valence-electron chi connectivity index (χ2n) is 1.67. The van der Waals surface area contributed by atoms with Crippen LogP contribution in [0, 0.1) is 0 Å². The summed E-state index contributed by atoms with van der Waals surface area (Å²) in [6.07, 6.45) is 0. The van der Waals surface area contributed by atoms with Gasteiger partial charge in [0.1, 0.15) is 0 Å². The Morgan fingerprint density at radius 2 is 0.650 bits per heavy atom. The maximum absolute atomic E-state index is 9.10. The normalized spacial score (nSPS) is 7.35. The molecular formula is C4H4Li3O12P. The van der Waals surface area contributed by atoms with Gasteiger partial charge in [0, 0.05) is 0 Å². The van der Waals surface area contributed by atoms with E-state index in [0.29, 0.717) is 0 Å². The van der Waals surface area contributed by atoms with Crippen molar-refractivity contribution in [2.45, 2.75) is 0 Å². The Bertz CT molecular complexity index is 292. The number of carboxylic acid groups (broad SMARTS) is 4.